The molecule has 1 amide bonds. The second kappa shape index (κ2) is 10.7. The molecule has 0 radical (unpaired) electrons. The molecule has 0 fully saturated rings. The highest BCUT2D eigenvalue weighted by Gasteiger charge is 2.16. The molecule has 0 aliphatic heterocycles. The molecule has 0 bridgehead atoms. The SMILES string of the molecule is CCOc1cc2c(Oc3cnc(CC(=O)Nc4[nH]ncc4CC)c(OC)c3)ncnc2cc1OC. The molecule has 2 N–H and O–H groups in total. The standard InChI is InChI=1S/C24H26N6O5/c1-5-14-11-28-30-23(14)29-22(31)10-18-19(32-3)7-15(12-25-18)35-24-16-8-21(34-6-2)20(33-4)9-17(16)26-13-27-24/h7-9,11-13H,5-6,10H2,1-4H3,(H2,28,29,30,31). The maximum atomic E-state index is 12.6. The number of H-pyrrole nitrogens is 1. The number of hydrogen-bond donors (Lipinski definition) is 2. The number of methoxy groups -OCH3 is 2. The smallest absolute Gasteiger partial charge is 0.231 e. The number of amides is 1. The molecule has 4 aromatic rings. The van der Waals surface area contributed by atoms with E-state index < -0.39 is 0 Å². The van der Waals surface area contributed by atoms with Crippen LogP contribution < -0.4 is 24.3 Å². The quantitative estimate of drug-likeness (QED) is 0.350. The molecule has 0 aliphatic carbocycles. The zero-order valence-corrected chi connectivity index (χ0v) is 19.9. The molecular weight excluding hydrogens is 452 g/mol. The maximum Gasteiger partial charge on any atom is 0.231 e. The summed E-state index contributed by atoms with van der Waals surface area (Å²) in [6, 6.07) is 5.19. The minimum atomic E-state index is -0.248. The summed E-state index contributed by atoms with van der Waals surface area (Å²) in [5.74, 6) is 2.57. The molecule has 11 heteroatoms. The van der Waals surface area contributed by atoms with Crippen LogP contribution in [0.1, 0.15) is 25.1 Å². The number of aromatic amines is 1. The van der Waals surface area contributed by atoms with E-state index in [-0.39, 0.29) is 12.3 Å². The number of benzene rings is 1. The second-order valence-corrected chi connectivity index (χ2v) is 7.40. The normalized spacial score (nSPS) is 10.7. The van der Waals surface area contributed by atoms with Crippen molar-refractivity contribution in [2.24, 2.45) is 0 Å². The number of hydrogen-bond acceptors (Lipinski definition) is 9. The lowest BCUT2D eigenvalue weighted by molar-refractivity contribution is -0.115. The summed E-state index contributed by atoms with van der Waals surface area (Å²) < 4.78 is 22.5. The predicted molar refractivity (Wildman–Crippen MR) is 128 cm³/mol. The van der Waals surface area contributed by atoms with Crippen LogP contribution in [0.25, 0.3) is 10.9 Å². The molecule has 3 heterocycles. The van der Waals surface area contributed by atoms with Gasteiger partial charge in [0.25, 0.3) is 0 Å². The zero-order valence-electron chi connectivity index (χ0n) is 19.9. The Balaban J connectivity index is 1.56. The van der Waals surface area contributed by atoms with Gasteiger partial charge in [-0.15, -0.1) is 0 Å². The van der Waals surface area contributed by atoms with Crippen molar-refractivity contribution in [2.75, 3.05) is 26.1 Å². The average Bonchev–Trinajstić information content (AvgIpc) is 3.32. The van der Waals surface area contributed by atoms with Crippen molar-refractivity contribution >= 4 is 22.6 Å². The highest BCUT2D eigenvalue weighted by atomic mass is 16.5. The van der Waals surface area contributed by atoms with E-state index in [0.717, 1.165) is 12.0 Å². The van der Waals surface area contributed by atoms with Gasteiger partial charge in [-0.25, -0.2) is 9.97 Å². The topological polar surface area (TPSA) is 133 Å². The van der Waals surface area contributed by atoms with Gasteiger partial charge in [-0.05, 0) is 19.4 Å². The Morgan fingerprint density at radius 3 is 2.57 bits per heavy atom. The van der Waals surface area contributed by atoms with Crippen LogP contribution in [0.15, 0.2) is 36.9 Å². The molecule has 0 saturated carbocycles. The number of pyridine rings is 1. The van der Waals surface area contributed by atoms with Crippen LogP contribution in [0, 0.1) is 0 Å². The van der Waals surface area contributed by atoms with E-state index in [9.17, 15) is 4.79 Å². The molecule has 3 aromatic heterocycles. The van der Waals surface area contributed by atoms with Crippen LogP contribution in [0.2, 0.25) is 0 Å². The number of carbonyl (C=O) groups excluding carboxylic acids is 1. The third-order valence-electron chi connectivity index (χ3n) is 5.22. The Kier molecular flexibility index (Phi) is 7.24. The van der Waals surface area contributed by atoms with Crippen molar-refractivity contribution in [2.45, 2.75) is 26.7 Å². The Morgan fingerprint density at radius 1 is 1.00 bits per heavy atom. The van der Waals surface area contributed by atoms with E-state index in [1.807, 2.05) is 13.8 Å². The van der Waals surface area contributed by atoms with E-state index in [4.69, 9.17) is 18.9 Å². The molecule has 182 valence electrons. The van der Waals surface area contributed by atoms with Crippen LogP contribution in [-0.4, -0.2) is 51.9 Å². The zero-order chi connectivity index (χ0) is 24.8. The number of aromatic nitrogens is 5. The largest absolute Gasteiger partial charge is 0.495 e. The van der Waals surface area contributed by atoms with Gasteiger partial charge in [0.05, 0.1) is 56.2 Å². The van der Waals surface area contributed by atoms with Crippen molar-refractivity contribution in [1.82, 2.24) is 25.1 Å². The molecule has 11 nitrogen and oxygen atoms in total. The van der Waals surface area contributed by atoms with Gasteiger partial charge in [-0.3, -0.25) is 14.9 Å². The van der Waals surface area contributed by atoms with E-state index in [0.29, 0.717) is 57.9 Å². The fourth-order valence-electron chi connectivity index (χ4n) is 3.50. The average molecular weight is 479 g/mol. The van der Waals surface area contributed by atoms with Crippen LogP contribution in [-0.2, 0) is 17.6 Å². The Morgan fingerprint density at radius 2 is 1.83 bits per heavy atom. The van der Waals surface area contributed by atoms with E-state index in [1.165, 1.54) is 19.6 Å². The Hall–Kier alpha value is -4.41. The fraction of sp³-hybridized carbons (Fsp3) is 0.292. The summed E-state index contributed by atoms with van der Waals surface area (Å²) >= 11 is 0. The second-order valence-electron chi connectivity index (χ2n) is 7.40. The molecule has 0 aliphatic rings. The van der Waals surface area contributed by atoms with Gasteiger partial charge in [-0.1, -0.05) is 6.92 Å². The molecule has 1 aromatic carbocycles. The first-order chi connectivity index (χ1) is 17.1. The van der Waals surface area contributed by atoms with Gasteiger partial charge >= 0.3 is 0 Å². The van der Waals surface area contributed by atoms with Crippen molar-refractivity contribution in [3.05, 3.63) is 48.2 Å². The third kappa shape index (κ3) is 5.24. The lowest BCUT2D eigenvalue weighted by atomic mass is 10.2. The summed E-state index contributed by atoms with van der Waals surface area (Å²) in [5, 5.41) is 10.2. The highest BCUT2D eigenvalue weighted by Crippen LogP contribution is 2.36. The number of anilines is 1. The Labute approximate surface area is 201 Å². The number of aryl methyl sites for hydroxylation is 1. The fourth-order valence-corrected chi connectivity index (χ4v) is 3.50. The summed E-state index contributed by atoms with van der Waals surface area (Å²) in [6.07, 6.45) is 5.36. The number of ether oxygens (including phenoxy) is 4. The molecule has 0 spiro atoms. The number of rotatable bonds is 10. The first-order valence-corrected chi connectivity index (χ1v) is 11.0. The first-order valence-electron chi connectivity index (χ1n) is 11.0. The van der Waals surface area contributed by atoms with Crippen molar-refractivity contribution in [3.8, 4) is 28.9 Å². The van der Waals surface area contributed by atoms with Crippen LogP contribution >= 0.6 is 0 Å². The van der Waals surface area contributed by atoms with Crippen molar-refractivity contribution in [3.63, 3.8) is 0 Å². The van der Waals surface area contributed by atoms with Crippen LogP contribution in [0.4, 0.5) is 5.82 Å². The molecule has 35 heavy (non-hydrogen) atoms. The molecule has 0 atom stereocenters. The summed E-state index contributed by atoms with van der Waals surface area (Å²) in [7, 11) is 3.08. The third-order valence-corrected chi connectivity index (χ3v) is 5.22. The molecule has 0 saturated heterocycles. The number of nitrogens with zero attached hydrogens (tertiary/aromatic N) is 4. The number of carbonyl (C=O) groups is 1. The number of fused-ring (bicyclic) bond motifs is 1. The first kappa shape index (κ1) is 23.7. The summed E-state index contributed by atoms with van der Waals surface area (Å²) in [6.45, 7) is 4.35. The molecule has 0 unspecified atom stereocenters. The summed E-state index contributed by atoms with van der Waals surface area (Å²) in [4.78, 5) is 25.5. The van der Waals surface area contributed by atoms with Crippen molar-refractivity contribution < 1.29 is 23.7 Å². The van der Waals surface area contributed by atoms with E-state index in [2.05, 4.69) is 30.5 Å². The minimum Gasteiger partial charge on any atom is -0.495 e. The predicted octanol–water partition coefficient (Wildman–Crippen LogP) is 3.70. The van der Waals surface area contributed by atoms with E-state index in [1.54, 1.807) is 31.5 Å². The lowest BCUT2D eigenvalue weighted by Crippen LogP contribution is -2.17. The van der Waals surface area contributed by atoms with Gasteiger partial charge in [0.2, 0.25) is 11.8 Å². The monoisotopic (exact) mass is 478 g/mol. The van der Waals surface area contributed by atoms with Gasteiger partial charge in [0, 0.05) is 17.7 Å². The number of nitrogens with one attached hydrogen (secondary N) is 2. The van der Waals surface area contributed by atoms with Gasteiger partial charge in [0.1, 0.15) is 17.9 Å². The van der Waals surface area contributed by atoms with E-state index >= 15 is 0 Å². The summed E-state index contributed by atoms with van der Waals surface area (Å²) in [5.41, 5.74) is 2.02. The van der Waals surface area contributed by atoms with Crippen LogP contribution in [0.5, 0.6) is 28.9 Å². The van der Waals surface area contributed by atoms with Gasteiger partial charge in [-0.2, -0.15) is 5.10 Å². The highest BCUT2D eigenvalue weighted by molar-refractivity contribution is 5.92. The van der Waals surface area contributed by atoms with Crippen molar-refractivity contribution in [1.29, 1.82) is 0 Å². The lowest BCUT2D eigenvalue weighted by Gasteiger charge is -2.13. The maximum absolute atomic E-state index is 12.6. The van der Waals surface area contributed by atoms with Crippen LogP contribution in [0.3, 0.4) is 0 Å². The molecule has 4 rings (SSSR count). The minimum absolute atomic E-state index is 0.0135. The Bertz CT molecular complexity index is 1340. The van der Waals surface area contributed by atoms with Gasteiger partial charge in [0.15, 0.2) is 17.2 Å². The molecular formula is C24H26N6O5. The van der Waals surface area contributed by atoms with Gasteiger partial charge < -0.3 is 24.3 Å².